The molecule has 2 N–H and O–H groups in total. The van der Waals surface area contributed by atoms with E-state index in [4.69, 9.17) is 0 Å². The number of carbonyl (C=O) groups is 1. The molecule has 0 saturated heterocycles. The van der Waals surface area contributed by atoms with E-state index in [0.29, 0.717) is 17.3 Å². The molecule has 0 atom stereocenters. The summed E-state index contributed by atoms with van der Waals surface area (Å²) in [6.45, 7) is 4.16. The molecule has 0 aromatic carbocycles. The summed E-state index contributed by atoms with van der Waals surface area (Å²) in [5.74, 6) is 1.35. The normalized spacial score (nSPS) is 10.9. The molecule has 9 nitrogen and oxygen atoms in total. The van der Waals surface area contributed by atoms with E-state index in [0.717, 1.165) is 17.0 Å². The van der Waals surface area contributed by atoms with Crippen LogP contribution in [0.1, 0.15) is 17.2 Å². The van der Waals surface area contributed by atoms with Gasteiger partial charge in [0.15, 0.2) is 17.3 Å². The quantitative estimate of drug-likeness (QED) is 0.580. The minimum atomic E-state index is -0.344. The Bertz CT molecular complexity index is 1100. The number of carbonyl (C=O) groups excluding carboxylic acids is 1. The van der Waals surface area contributed by atoms with Crippen LogP contribution in [-0.2, 0) is 6.54 Å². The highest BCUT2D eigenvalue weighted by Gasteiger charge is 2.08. The number of hydrogen-bond donors (Lipinski definition) is 2. The summed E-state index contributed by atoms with van der Waals surface area (Å²) in [4.78, 5) is 16.5. The van der Waals surface area contributed by atoms with Crippen LogP contribution in [0.25, 0.3) is 11.5 Å². The minimum Gasteiger partial charge on any atom is -0.331 e. The number of fused-ring (bicyclic) bond motifs is 1. The third kappa shape index (κ3) is 3.47. The number of rotatable bonds is 4. The molecule has 0 aliphatic carbocycles. The molecule has 4 heterocycles. The van der Waals surface area contributed by atoms with Gasteiger partial charge in [-0.05, 0) is 44.2 Å². The predicted octanol–water partition coefficient (Wildman–Crippen LogP) is 2.25. The summed E-state index contributed by atoms with van der Waals surface area (Å²) in [5, 5.41) is 18.0. The molecule has 4 aromatic rings. The Hall–Kier alpha value is -3.75. The van der Waals surface area contributed by atoms with Gasteiger partial charge in [-0.1, -0.05) is 6.07 Å². The fourth-order valence-electron chi connectivity index (χ4n) is 2.79. The Labute approximate surface area is 155 Å². The van der Waals surface area contributed by atoms with Crippen LogP contribution in [0.15, 0.2) is 48.8 Å². The van der Waals surface area contributed by atoms with Crippen LogP contribution in [0.2, 0.25) is 0 Å². The van der Waals surface area contributed by atoms with E-state index in [1.807, 2.05) is 48.7 Å². The fourth-order valence-corrected chi connectivity index (χ4v) is 2.79. The van der Waals surface area contributed by atoms with Crippen molar-refractivity contribution in [3.63, 3.8) is 0 Å². The fraction of sp³-hybridized carbons (Fsp3) is 0.167. The van der Waals surface area contributed by atoms with E-state index in [1.165, 1.54) is 0 Å². The first-order valence-electron chi connectivity index (χ1n) is 8.43. The average Bonchev–Trinajstić information content (AvgIpc) is 3.23. The summed E-state index contributed by atoms with van der Waals surface area (Å²) in [7, 11) is 0. The SMILES string of the molecule is Cc1cc(C)n(-c2ccc(NC(=O)NCc3nnc4ccccn34)cn2)n1. The zero-order valence-electron chi connectivity index (χ0n) is 14.9. The number of pyridine rings is 2. The molecule has 0 spiro atoms. The molecule has 0 bridgehead atoms. The largest absolute Gasteiger partial charge is 0.331 e. The Kier molecular flexibility index (Phi) is 4.25. The van der Waals surface area contributed by atoms with Gasteiger partial charge < -0.3 is 10.6 Å². The van der Waals surface area contributed by atoms with Gasteiger partial charge in [-0.3, -0.25) is 4.40 Å². The first-order valence-corrected chi connectivity index (χ1v) is 8.43. The van der Waals surface area contributed by atoms with Crippen LogP contribution in [0.4, 0.5) is 10.5 Å². The topological polar surface area (TPSA) is 102 Å². The van der Waals surface area contributed by atoms with Gasteiger partial charge >= 0.3 is 6.03 Å². The first-order chi connectivity index (χ1) is 13.1. The third-order valence-electron chi connectivity index (χ3n) is 4.02. The second-order valence-corrected chi connectivity index (χ2v) is 6.10. The molecule has 27 heavy (non-hydrogen) atoms. The molecule has 0 aliphatic heterocycles. The lowest BCUT2D eigenvalue weighted by atomic mass is 10.4. The molecular weight excluding hydrogens is 344 g/mol. The number of amides is 2. The number of nitrogens with one attached hydrogen (secondary N) is 2. The zero-order valence-corrected chi connectivity index (χ0v) is 14.9. The van der Waals surface area contributed by atoms with E-state index >= 15 is 0 Å². The molecule has 0 aliphatic rings. The minimum absolute atomic E-state index is 0.258. The second kappa shape index (κ2) is 6.87. The molecular formula is C18H18N8O. The maximum atomic E-state index is 12.1. The van der Waals surface area contributed by atoms with Crippen molar-refractivity contribution in [2.45, 2.75) is 20.4 Å². The molecule has 0 fully saturated rings. The Balaban J connectivity index is 1.39. The lowest BCUT2D eigenvalue weighted by Crippen LogP contribution is -2.29. The van der Waals surface area contributed by atoms with E-state index in [9.17, 15) is 4.79 Å². The van der Waals surface area contributed by atoms with Crippen molar-refractivity contribution < 1.29 is 4.79 Å². The number of nitrogens with zero attached hydrogens (tertiary/aromatic N) is 6. The Morgan fingerprint density at radius 1 is 1.15 bits per heavy atom. The number of urea groups is 1. The summed E-state index contributed by atoms with van der Waals surface area (Å²) in [5.41, 5.74) is 3.25. The van der Waals surface area contributed by atoms with Gasteiger partial charge in [-0.15, -0.1) is 10.2 Å². The van der Waals surface area contributed by atoms with Crippen LogP contribution < -0.4 is 10.6 Å². The van der Waals surface area contributed by atoms with Gasteiger partial charge in [0.25, 0.3) is 0 Å². The van der Waals surface area contributed by atoms with Gasteiger partial charge in [0.1, 0.15) is 0 Å². The van der Waals surface area contributed by atoms with Crippen LogP contribution in [0.5, 0.6) is 0 Å². The molecule has 136 valence electrons. The highest BCUT2D eigenvalue weighted by atomic mass is 16.2. The van der Waals surface area contributed by atoms with Crippen LogP contribution in [0.3, 0.4) is 0 Å². The van der Waals surface area contributed by atoms with Crippen molar-refractivity contribution in [1.82, 2.24) is 34.7 Å². The smallest absolute Gasteiger partial charge is 0.319 e. The summed E-state index contributed by atoms with van der Waals surface area (Å²) in [6.07, 6.45) is 3.45. The maximum absolute atomic E-state index is 12.1. The molecule has 0 unspecified atom stereocenters. The van der Waals surface area contributed by atoms with E-state index < -0.39 is 0 Å². The van der Waals surface area contributed by atoms with Gasteiger partial charge in [0.2, 0.25) is 0 Å². The second-order valence-electron chi connectivity index (χ2n) is 6.10. The lowest BCUT2D eigenvalue weighted by molar-refractivity contribution is 0.251. The molecule has 0 radical (unpaired) electrons. The van der Waals surface area contributed by atoms with Gasteiger partial charge in [0.05, 0.1) is 24.1 Å². The van der Waals surface area contributed by atoms with Crippen molar-refractivity contribution in [3.05, 3.63) is 66.0 Å². The van der Waals surface area contributed by atoms with Crippen LogP contribution in [0, 0.1) is 13.8 Å². The first kappa shape index (κ1) is 16.7. The summed E-state index contributed by atoms with van der Waals surface area (Å²) >= 11 is 0. The van der Waals surface area contributed by atoms with E-state index in [-0.39, 0.29) is 12.6 Å². The molecule has 9 heteroatoms. The predicted molar refractivity (Wildman–Crippen MR) is 99.7 cm³/mol. The average molecular weight is 362 g/mol. The molecule has 2 amide bonds. The molecule has 0 saturated carbocycles. The standard InChI is InChI=1S/C18H18N8O/c1-12-9-13(2)26(24-12)15-7-6-14(10-19-15)21-18(27)20-11-17-23-22-16-5-3-4-8-25(16)17/h3-10H,11H2,1-2H3,(H2,20,21,27). The van der Waals surface area contributed by atoms with E-state index in [2.05, 4.69) is 30.9 Å². The van der Waals surface area contributed by atoms with Gasteiger partial charge in [-0.2, -0.15) is 5.10 Å². The third-order valence-corrected chi connectivity index (χ3v) is 4.02. The van der Waals surface area contributed by atoms with Gasteiger partial charge in [0, 0.05) is 11.9 Å². The molecule has 4 rings (SSSR count). The van der Waals surface area contributed by atoms with Gasteiger partial charge in [-0.25, -0.2) is 14.5 Å². The zero-order chi connectivity index (χ0) is 18.8. The Morgan fingerprint density at radius 2 is 2.04 bits per heavy atom. The summed E-state index contributed by atoms with van der Waals surface area (Å²) in [6, 6.07) is 10.9. The Morgan fingerprint density at radius 3 is 2.78 bits per heavy atom. The van der Waals surface area contributed by atoms with Crippen molar-refractivity contribution in [3.8, 4) is 5.82 Å². The van der Waals surface area contributed by atoms with Crippen molar-refractivity contribution in [1.29, 1.82) is 0 Å². The highest BCUT2D eigenvalue weighted by Crippen LogP contribution is 2.12. The number of hydrogen-bond acceptors (Lipinski definition) is 5. The number of aromatic nitrogens is 6. The lowest BCUT2D eigenvalue weighted by Gasteiger charge is -2.08. The monoisotopic (exact) mass is 362 g/mol. The highest BCUT2D eigenvalue weighted by molar-refractivity contribution is 5.88. The maximum Gasteiger partial charge on any atom is 0.319 e. The number of anilines is 1. The number of aryl methyl sites for hydroxylation is 2. The molecule has 4 aromatic heterocycles. The van der Waals surface area contributed by atoms with E-state index in [1.54, 1.807) is 23.0 Å². The van der Waals surface area contributed by atoms with Crippen molar-refractivity contribution in [2.75, 3.05) is 5.32 Å². The van der Waals surface area contributed by atoms with Crippen molar-refractivity contribution in [2.24, 2.45) is 0 Å². The van der Waals surface area contributed by atoms with Crippen LogP contribution in [-0.4, -0.2) is 35.4 Å². The summed E-state index contributed by atoms with van der Waals surface area (Å²) < 4.78 is 3.58. The van der Waals surface area contributed by atoms with Crippen molar-refractivity contribution >= 4 is 17.4 Å². The van der Waals surface area contributed by atoms with Crippen LogP contribution >= 0.6 is 0 Å².